The average Bonchev–Trinajstić information content (AvgIpc) is 3.06. The smallest absolute Gasteiger partial charge is 0.143 e. The Hall–Kier alpha value is -2.72. The van der Waals surface area contributed by atoms with E-state index in [2.05, 4.69) is 83.9 Å². The van der Waals surface area contributed by atoms with Crippen LogP contribution < -0.4 is 5.32 Å². The number of thiophene rings is 1. The van der Waals surface area contributed by atoms with Crippen molar-refractivity contribution in [3.8, 4) is 11.1 Å². The molecule has 0 saturated carbocycles. The SMILES string of the molecule is CCc1ccc(-c2csc3ncnc(Nc4cc(C)cc(C)c4)c23)cc1. The summed E-state index contributed by atoms with van der Waals surface area (Å²) in [6.07, 6.45) is 2.68. The van der Waals surface area contributed by atoms with Crippen molar-refractivity contribution in [1.82, 2.24) is 9.97 Å². The first-order valence-electron chi connectivity index (χ1n) is 8.81. The molecule has 1 N–H and O–H groups in total. The van der Waals surface area contributed by atoms with Crippen LogP contribution in [0.5, 0.6) is 0 Å². The maximum absolute atomic E-state index is 4.54. The molecule has 4 rings (SSSR count). The molecule has 0 aliphatic rings. The summed E-state index contributed by atoms with van der Waals surface area (Å²) >= 11 is 1.66. The second-order valence-electron chi connectivity index (χ2n) is 6.60. The molecule has 130 valence electrons. The Balaban J connectivity index is 1.81. The Bertz CT molecular complexity index is 1040. The van der Waals surface area contributed by atoms with Gasteiger partial charge >= 0.3 is 0 Å². The Morgan fingerprint density at radius 1 is 0.962 bits per heavy atom. The third-order valence-electron chi connectivity index (χ3n) is 4.53. The van der Waals surface area contributed by atoms with Gasteiger partial charge in [0.25, 0.3) is 0 Å². The van der Waals surface area contributed by atoms with Gasteiger partial charge < -0.3 is 5.32 Å². The van der Waals surface area contributed by atoms with Gasteiger partial charge in [-0.05, 0) is 54.7 Å². The summed E-state index contributed by atoms with van der Waals surface area (Å²) in [5.74, 6) is 0.857. The van der Waals surface area contributed by atoms with Gasteiger partial charge in [-0.1, -0.05) is 37.3 Å². The van der Waals surface area contributed by atoms with Crippen LogP contribution in [-0.4, -0.2) is 9.97 Å². The average molecular weight is 359 g/mol. The summed E-state index contributed by atoms with van der Waals surface area (Å²) in [6.45, 7) is 6.40. The van der Waals surface area contributed by atoms with Gasteiger partial charge in [0.1, 0.15) is 17.0 Å². The molecule has 4 aromatic rings. The fourth-order valence-corrected chi connectivity index (χ4v) is 4.20. The number of hydrogen-bond donors (Lipinski definition) is 1. The number of hydrogen-bond acceptors (Lipinski definition) is 4. The van der Waals surface area contributed by atoms with Gasteiger partial charge in [0.15, 0.2) is 0 Å². The zero-order chi connectivity index (χ0) is 18.1. The number of rotatable bonds is 4. The fraction of sp³-hybridized carbons (Fsp3) is 0.182. The molecule has 0 fully saturated rings. The van der Waals surface area contributed by atoms with Crippen LogP contribution in [0.2, 0.25) is 0 Å². The van der Waals surface area contributed by atoms with E-state index in [0.717, 1.165) is 28.1 Å². The van der Waals surface area contributed by atoms with Crippen molar-refractivity contribution in [1.29, 1.82) is 0 Å². The van der Waals surface area contributed by atoms with Crippen LogP contribution in [0, 0.1) is 13.8 Å². The van der Waals surface area contributed by atoms with Crippen molar-refractivity contribution in [2.45, 2.75) is 27.2 Å². The van der Waals surface area contributed by atoms with Crippen molar-refractivity contribution < 1.29 is 0 Å². The maximum Gasteiger partial charge on any atom is 0.143 e. The Kier molecular flexibility index (Phi) is 4.43. The van der Waals surface area contributed by atoms with E-state index in [4.69, 9.17) is 0 Å². The molecule has 0 unspecified atom stereocenters. The van der Waals surface area contributed by atoms with Crippen molar-refractivity contribution in [3.05, 3.63) is 70.9 Å². The van der Waals surface area contributed by atoms with Crippen LogP contribution in [0.1, 0.15) is 23.6 Å². The highest BCUT2D eigenvalue weighted by atomic mass is 32.1. The Morgan fingerprint density at radius 3 is 2.38 bits per heavy atom. The number of benzene rings is 2. The predicted octanol–water partition coefficient (Wildman–Crippen LogP) is 6.28. The van der Waals surface area contributed by atoms with Gasteiger partial charge in [-0.15, -0.1) is 11.3 Å². The molecular formula is C22H21N3S. The number of aromatic nitrogens is 2. The molecule has 0 radical (unpaired) electrons. The summed E-state index contributed by atoms with van der Waals surface area (Å²) < 4.78 is 0. The van der Waals surface area contributed by atoms with Crippen LogP contribution in [0.25, 0.3) is 21.3 Å². The summed E-state index contributed by atoms with van der Waals surface area (Å²) in [5.41, 5.74) is 7.25. The zero-order valence-electron chi connectivity index (χ0n) is 15.2. The third kappa shape index (κ3) is 3.20. The minimum absolute atomic E-state index is 0.857. The number of anilines is 2. The van der Waals surface area contributed by atoms with E-state index in [-0.39, 0.29) is 0 Å². The first-order chi connectivity index (χ1) is 12.6. The van der Waals surface area contributed by atoms with E-state index in [1.54, 1.807) is 17.7 Å². The second-order valence-corrected chi connectivity index (χ2v) is 7.46. The minimum atomic E-state index is 0.857. The van der Waals surface area contributed by atoms with Gasteiger partial charge in [-0.25, -0.2) is 9.97 Å². The van der Waals surface area contributed by atoms with Crippen LogP contribution in [0.4, 0.5) is 11.5 Å². The van der Waals surface area contributed by atoms with Gasteiger partial charge in [0.2, 0.25) is 0 Å². The monoisotopic (exact) mass is 359 g/mol. The number of nitrogens with one attached hydrogen (secondary N) is 1. The van der Waals surface area contributed by atoms with E-state index >= 15 is 0 Å². The molecule has 2 heterocycles. The maximum atomic E-state index is 4.54. The summed E-state index contributed by atoms with van der Waals surface area (Å²) in [5, 5.41) is 6.76. The fourth-order valence-electron chi connectivity index (χ4n) is 3.29. The minimum Gasteiger partial charge on any atom is -0.340 e. The lowest BCUT2D eigenvalue weighted by atomic mass is 10.0. The highest BCUT2D eigenvalue weighted by Crippen LogP contribution is 2.37. The molecule has 3 nitrogen and oxygen atoms in total. The largest absolute Gasteiger partial charge is 0.340 e. The van der Waals surface area contributed by atoms with Crippen molar-refractivity contribution >= 4 is 33.1 Å². The lowest BCUT2D eigenvalue weighted by Gasteiger charge is -2.10. The highest BCUT2D eigenvalue weighted by molar-refractivity contribution is 7.17. The van der Waals surface area contributed by atoms with Gasteiger partial charge in [0.05, 0.1) is 5.39 Å². The van der Waals surface area contributed by atoms with E-state index in [1.165, 1.54) is 27.8 Å². The van der Waals surface area contributed by atoms with E-state index < -0.39 is 0 Å². The third-order valence-corrected chi connectivity index (χ3v) is 5.41. The zero-order valence-corrected chi connectivity index (χ0v) is 16.0. The molecule has 0 amide bonds. The van der Waals surface area contributed by atoms with E-state index in [9.17, 15) is 0 Å². The Labute approximate surface area is 157 Å². The molecule has 26 heavy (non-hydrogen) atoms. The van der Waals surface area contributed by atoms with Crippen LogP contribution in [-0.2, 0) is 6.42 Å². The second kappa shape index (κ2) is 6.89. The van der Waals surface area contributed by atoms with Gasteiger partial charge in [-0.2, -0.15) is 0 Å². The quantitative estimate of drug-likeness (QED) is 0.466. The van der Waals surface area contributed by atoms with Crippen LogP contribution in [0.3, 0.4) is 0 Å². The van der Waals surface area contributed by atoms with Crippen molar-refractivity contribution in [3.63, 3.8) is 0 Å². The van der Waals surface area contributed by atoms with Crippen LogP contribution in [0.15, 0.2) is 54.2 Å². The molecule has 0 spiro atoms. The first-order valence-corrected chi connectivity index (χ1v) is 9.69. The van der Waals surface area contributed by atoms with Crippen molar-refractivity contribution in [2.24, 2.45) is 0 Å². The normalized spacial score (nSPS) is 11.0. The Morgan fingerprint density at radius 2 is 1.69 bits per heavy atom. The lowest BCUT2D eigenvalue weighted by molar-refractivity contribution is 1.14. The molecule has 0 aliphatic carbocycles. The van der Waals surface area contributed by atoms with E-state index in [1.807, 2.05) is 0 Å². The molecule has 2 aromatic carbocycles. The molecule has 0 atom stereocenters. The van der Waals surface area contributed by atoms with Crippen LogP contribution >= 0.6 is 11.3 Å². The topological polar surface area (TPSA) is 37.8 Å². The lowest BCUT2D eigenvalue weighted by Crippen LogP contribution is -1.96. The highest BCUT2D eigenvalue weighted by Gasteiger charge is 2.13. The summed E-state index contributed by atoms with van der Waals surface area (Å²) in [4.78, 5) is 10.0. The first kappa shape index (κ1) is 16.7. The molecular weight excluding hydrogens is 338 g/mol. The summed E-state index contributed by atoms with van der Waals surface area (Å²) in [7, 11) is 0. The predicted molar refractivity (Wildman–Crippen MR) is 111 cm³/mol. The molecule has 2 aromatic heterocycles. The number of aryl methyl sites for hydroxylation is 3. The molecule has 0 bridgehead atoms. The van der Waals surface area contributed by atoms with Gasteiger partial charge in [-0.3, -0.25) is 0 Å². The number of nitrogens with zero attached hydrogens (tertiary/aromatic N) is 2. The number of fused-ring (bicyclic) bond motifs is 1. The van der Waals surface area contributed by atoms with E-state index in [0.29, 0.717) is 0 Å². The molecule has 0 aliphatic heterocycles. The van der Waals surface area contributed by atoms with Gasteiger partial charge in [0, 0.05) is 16.6 Å². The molecule has 0 saturated heterocycles. The standard InChI is InChI=1S/C22H21N3S/c1-4-16-5-7-17(8-6-16)19-12-26-22-20(19)21(23-13-24-22)25-18-10-14(2)9-15(3)11-18/h5-13H,4H2,1-3H3,(H,23,24,25). The molecule has 4 heteroatoms. The van der Waals surface area contributed by atoms with Crippen molar-refractivity contribution in [2.75, 3.05) is 5.32 Å². The summed E-state index contributed by atoms with van der Waals surface area (Å²) in [6, 6.07) is 15.2.